The van der Waals surface area contributed by atoms with Gasteiger partial charge < -0.3 is 14.8 Å². The first-order valence-corrected chi connectivity index (χ1v) is 9.99. The Morgan fingerprint density at radius 3 is 2.41 bits per heavy atom. The van der Waals surface area contributed by atoms with Gasteiger partial charge in [0.05, 0.1) is 22.9 Å². The Hall–Kier alpha value is -2.73. The number of ether oxygens (including phenoxy) is 2. The first-order valence-electron chi connectivity index (χ1n) is 9.61. The molecule has 0 saturated carbocycles. The van der Waals surface area contributed by atoms with Crippen LogP contribution in [0.1, 0.15) is 38.8 Å². The average molecular weight is 416 g/mol. The van der Waals surface area contributed by atoms with Crippen LogP contribution in [-0.4, -0.2) is 22.4 Å². The summed E-state index contributed by atoms with van der Waals surface area (Å²) in [5.74, 6) is 1.76. The van der Waals surface area contributed by atoms with E-state index in [0.29, 0.717) is 17.9 Å². The SMILES string of the molecule is CC(C)Oc1cc2c(cc1OC(C)C)-c1n[nH]c(Nc3ccc(F)c(Cl)c3)c1C2. The molecule has 0 spiro atoms. The van der Waals surface area contributed by atoms with Gasteiger partial charge in [0.25, 0.3) is 0 Å². The summed E-state index contributed by atoms with van der Waals surface area (Å²) < 4.78 is 25.4. The van der Waals surface area contributed by atoms with Crippen molar-refractivity contribution in [2.45, 2.75) is 46.3 Å². The molecule has 0 fully saturated rings. The maximum absolute atomic E-state index is 13.4. The molecule has 7 heteroatoms. The van der Waals surface area contributed by atoms with E-state index < -0.39 is 5.82 Å². The van der Waals surface area contributed by atoms with Gasteiger partial charge in [-0.2, -0.15) is 5.10 Å². The van der Waals surface area contributed by atoms with Gasteiger partial charge in [-0.15, -0.1) is 0 Å². The minimum Gasteiger partial charge on any atom is -0.487 e. The molecule has 3 aromatic rings. The lowest BCUT2D eigenvalue weighted by atomic mass is 10.1. The van der Waals surface area contributed by atoms with Crippen LogP contribution in [-0.2, 0) is 6.42 Å². The van der Waals surface area contributed by atoms with Gasteiger partial charge in [0.2, 0.25) is 0 Å². The molecule has 0 atom stereocenters. The third kappa shape index (κ3) is 3.90. The van der Waals surface area contributed by atoms with Gasteiger partial charge >= 0.3 is 0 Å². The van der Waals surface area contributed by atoms with Crippen molar-refractivity contribution >= 4 is 23.1 Å². The number of hydrogen-bond acceptors (Lipinski definition) is 4. The molecule has 1 aliphatic rings. The van der Waals surface area contributed by atoms with E-state index >= 15 is 0 Å². The second-order valence-electron chi connectivity index (χ2n) is 7.65. The molecule has 2 N–H and O–H groups in total. The Labute approximate surface area is 174 Å². The van der Waals surface area contributed by atoms with Crippen molar-refractivity contribution in [1.29, 1.82) is 0 Å². The maximum atomic E-state index is 13.4. The number of aromatic nitrogens is 2. The van der Waals surface area contributed by atoms with E-state index in [2.05, 4.69) is 15.5 Å². The average Bonchev–Trinajstić information content (AvgIpc) is 3.17. The summed E-state index contributed by atoms with van der Waals surface area (Å²) in [6.07, 6.45) is 0.777. The fourth-order valence-electron chi connectivity index (χ4n) is 3.43. The van der Waals surface area contributed by atoms with Gasteiger partial charge in [-0.1, -0.05) is 11.6 Å². The highest BCUT2D eigenvalue weighted by molar-refractivity contribution is 6.31. The van der Waals surface area contributed by atoms with Crippen molar-refractivity contribution in [3.8, 4) is 22.8 Å². The summed E-state index contributed by atoms with van der Waals surface area (Å²) in [5.41, 5.74) is 4.75. The van der Waals surface area contributed by atoms with Crippen molar-refractivity contribution in [3.05, 3.63) is 52.3 Å². The Bertz CT molecular complexity index is 1060. The fraction of sp³-hybridized carbons (Fsp3) is 0.318. The number of nitrogens with one attached hydrogen (secondary N) is 2. The quantitative estimate of drug-likeness (QED) is 0.400. The molecule has 152 valence electrons. The van der Waals surface area contributed by atoms with Crippen LogP contribution in [0, 0.1) is 5.82 Å². The first-order chi connectivity index (χ1) is 13.8. The predicted octanol–water partition coefficient (Wildman–Crippen LogP) is 6.09. The summed E-state index contributed by atoms with van der Waals surface area (Å²) in [6.45, 7) is 7.96. The van der Waals surface area contributed by atoms with Crippen LogP contribution in [0.2, 0.25) is 5.02 Å². The van der Waals surface area contributed by atoms with Crippen LogP contribution in [0.3, 0.4) is 0 Å². The highest BCUT2D eigenvalue weighted by Crippen LogP contribution is 2.45. The van der Waals surface area contributed by atoms with E-state index in [-0.39, 0.29) is 17.2 Å². The van der Waals surface area contributed by atoms with E-state index in [1.165, 1.54) is 6.07 Å². The number of halogens is 2. The molecular formula is C22H23ClFN3O2. The number of aromatic amines is 1. The lowest BCUT2D eigenvalue weighted by molar-refractivity contribution is 0.199. The topological polar surface area (TPSA) is 59.2 Å². The molecule has 1 aromatic heterocycles. The normalized spacial score (nSPS) is 12.3. The number of hydrogen-bond donors (Lipinski definition) is 2. The summed E-state index contributed by atoms with van der Waals surface area (Å²) in [5, 5.41) is 10.8. The molecule has 4 rings (SSSR count). The zero-order valence-electron chi connectivity index (χ0n) is 16.8. The Morgan fingerprint density at radius 1 is 1.07 bits per heavy atom. The standard InChI is InChI=1S/C22H23ClFN3O2/c1-11(2)28-19-8-13-7-16-21(15(13)10-20(19)29-12(3)4)26-27-22(16)25-14-5-6-18(24)17(23)9-14/h5-6,8-12H,7H2,1-4H3,(H2,25,26,27). The third-order valence-electron chi connectivity index (χ3n) is 4.57. The molecule has 2 aromatic carbocycles. The highest BCUT2D eigenvalue weighted by atomic mass is 35.5. The minimum absolute atomic E-state index is 0.0306. The van der Waals surface area contributed by atoms with E-state index in [9.17, 15) is 4.39 Å². The van der Waals surface area contributed by atoms with Crippen LogP contribution in [0.4, 0.5) is 15.9 Å². The van der Waals surface area contributed by atoms with Gasteiger partial charge in [-0.3, -0.25) is 5.10 Å². The van der Waals surface area contributed by atoms with Crippen molar-refractivity contribution in [3.63, 3.8) is 0 Å². The summed E-state index contributed by atoms with van der Waals surface area (Å²) in [4.78, 5) is 0. The van der Waals surface area contributed by atoms with Crippen molar-refractivity contribution in [2.75, 3.05) is 5.32 Å². The molecule has 0 radical (unpaired) electrons. The predicted molar refractivity (Wildman–Crippen MR) is 113 cm³/mol. The molecular weight excluding hydrogens is 393 g/mol. The molecule has 5 nitrogen and oxygen atoms in total. The lowest BCUT2D eigenvalue weighted by Gasteiger charge is -2.18. The summed E-state index contributed by atoms with van der Waals surface area (Å²) in [6, 6.07) is 8.56. The van der Waals surface area contributed by atoms with E-state index in [4.69, 9.17) is 21.1 Å². The minimum atomic E-state index is -0.449. The second kappa shape index (κ2) is 7.59. The third-order valence-corrected chi connectivity index (χ3v) is 4.86. The lowest BCUT2D eigenvalue weighted by Crippen LogP contribution is -2.11. The van der Waals surface area contributed by atoms with Gasteiger partial charge in [0.1, 0.15) is 11.6 Å². The van der Waals surface area contributed by atoms with Crippen molar-refractivity contribution < 1.29 is 13.9 Å². The molecule has 0 unspecified atom stereocenters. The summed E-state index contributed by atoms with van der Waals surface area (Å²) in [7, 11) is 0. The smallest absolute Gasteiger partial charge is 0.162 e. The maximum Gasteiger partial charge on any atom is 0.162 e. The number of anilines is 2. The van der Waals surface area contributed by atoms with E-state index in [0.717, 1.165) is 34.0 Å². The van der Waals surface area contributed by atoms with Crippen molar-refractivity contribution in [2.24, 2.45) is 0 Å². The Morgan fingerprint density at radius 2 is 1.76 bits per heavy atom. The monoisotopic (exact) mass is 415 g/mol. The fourth-order valence-corrected chi connectivity index (χ4v) is 3.61. The van der Waals surface area contributed by atoms with Crippen LogP contribution in [0.25, 0.3) is 11.3 Å². The van der Waals surface area contributed by atoms with Crippen LogP contribution >= 0.6 is 11.6 Å². The second-order valence-corrected chi connectivity index (χ2v) is 8.05. The van der Waals surface area contributed by atoms with Crippen molar-refractivity contribution in [1.82, 2.24) is 10.2 Å². The highest BCUT2D eigenvalue weighted by Gasteiger charge is 2.28. The van der Waals surface area contributed by atoms with Gasteiger partial charge in [0, 0.05) is 23.2 Å². The number of nitrogens with zero attached hydrogens (tertiary/aromatic N) is 1. The zero-order valence-corrected chi connectivity index (χ0v) is 17.5. The largest absolute Gasteiger partial charge is 0.487 e. The number of H-pyrrole nitrogens is 1. The number of fused-ring (bicyclic) bond motifs is 3. The summed E-state index contributed by atoms with van der Waals surface area (Å²) >= 11 is 5.89. The zero-order chi connectivity index (χ0) is 20.7. The molecule has 0 saturated heterocycles. The van der Waals surface area contributed by atoms with Crippen LogP contribution in [0.5, 0.6) is 11.5 Å². The molecule has 1 aliphatic carbocycles. The van der Waals surface area contributed by atoms with Gasteiger partial charge in [-0.25, -0.2) is 4.39 Å². The molecule has 29 heavy (non-hydrogen) atoms. The molecule has 0 aliphatic heterocycles. The molecule has 0 bridgehead atoms. The van der Waals surface area contributed by atoms with Gasteiger partial charge in [0.15, 0.2) is 11.5 Å². The van der Waals surface area contributed by atoms with Gasteiger partial charge in [-0.05, 0) is 63.6 Å². The van der Waals surface area contributed by atoms with Crippen LogP contribution < -0.4 is 14.8 Å². The van der Waals surface area contributed by atoms with E-state index in [1.807, 2.05) is 39.8 Å². The molecule has 0 amide bonds. The van der Waals surface area contributed by atoms with E-state index in [1.54, 1.807) is 12.1 Å². The number of benzene rings is 2. The van der Waals surface area contributed by atoms with Crippen LogP contribution in [0.15, 0.2) is 30.3 Å². The Kier molecular flexibility index (Phi) is 5.13. The molecule has 1 heterocycles. The Balaban J connectivity index is 1.68. The number of rotatable bonds is 6. The first kappa shape index (κ1) is 19.6.